The smallest absolute Gasteiger partial charge is 0.234 e. The lowest BCUT2D eigenvalue weighted by atomic mass is 9.75. The molecule has 4 aromatic rings. The van der Waals surface area contributed by atoms with Crippen LogP contribution < -0.4 is 10.6 Å². The summed E-state index contributed by atoms with van der Waals surface area (Å²) in [5.41, 5.74) is 2.33. The molecule has 226 valence electrons. The second-order valence-corrected chi connectivity index (χ2v) is 13.3. The average Bonchev–Trinajstić information content (AvgIpc) is 3.07. The van der Waals surface area contributed by atoms with Crippen LogP contribution in [0, 0.1) is 0 Å². The van der Waals surface area contributed by atoms with Crippen LogP contribution in [0.15, 0.2) is 121 Å². The molecular formula is C37H44N2O2S2. The zero-order valence-corrected chi connectivity index (χ0v) is 27.3. The van der Waals surface area contributed by atoms with E-state index >= 15 is 0 Å². The molecule has 0 atom stereocenters. The lowest BCUT2D eigenvalue weighted by Gasteiger charge is -2.30. The van der Waals surface area contributed by atoms with E-state index in [1.54, 1.807) is 21.6 Å². The van der Waals surface area contributed by atoms with Gasteiger partial charge in [0.05, 0.1) is 10.8 Å². The van der Waals surface area contributed by atoms with E-state index in [-0.39, 0.29) is 11.8 Å². The van der Waals surface area contributed by atoms with E-state index in [4.69, 9.17) is 0 Å². The van der Waals surface area contributed by atoms with Gasteiger partial charge in [0, 0.05) is 24.6 Å². The van der Waals surface area contributed by atoms with Gasteiger partial charge in [0.15, 0.2) is 0 Å². The van der Waals surface area contributed by atoms with Crippen LogP contribution in [-0.4, -0.2) is 36.4 Å². The predicted molar refractivity (Wildman–Crippen MR) is 186 cm³/mol. The zero-order chi connectivity index (χ0) is 31.0. The number of rotatable bonds is 13. The molecule has 0 aliphatic carbocycles. The van der Waals surface area contributed by atoms with Crippen LogP contribution in [0.4, 0.5) is 0 Å². The molecule has 0 radical (unpaired) electrons. The van der Waals surface area contributed by atoms with E-state index in [0.717, 1.165) is 33.8 Å². The van der Waals surface area contributed by atoms with Crippen molar-refractivity contribution < 1.29 is 9.59 Å². The highest BCUT2D eigenvalue weighted by molar-refractivity contribution is 8.76. The molecule has 4 rings (SSSR count). The Labute approximate surface area is 265 Å². The van der Waals surface area contributed by atoms with Crippen LogP contribution in [0.3, 0.4) is 0 Å². The fourth-order valence-corrected chi connectivity index (χ4v) is 6.64. The number of hydrogen-bond donors (Lipinski definition) is 2. The van der Waals surface area contributed by atoms with E-state index in [1.165, 1.54) is 6.42 Å². The van der Waals surface area contributed by atoms with Gasteiger partial charge in [-0.3, -0.25) is 9.59 Å². The monoisotopic (exact) mass is 612 g/mol. The van der Waals surface area contributed by atoms with Gasteiger partial charge in [-0.2, -0.15) is 0 Å². The molecular weight excluding hydrogens is 569 g/mol. The van der Waals surface area contributed by atoms with Crippen molar-refractivity contribution in [1.29, 1.82) is 0 Å². The Bertz CT molecular complexity index is 1180. The van der Waals surface area contributed by atoms with E-state index in [2.05, 4.69) is 24.5 Å². The van der Waals surface area contributed by atoms with Crippen LogP contribution >= 0.6 is 21.6 Å². The number of carbonyl (C=O) groups excluding carboxylic acids is 2. The third kappa shape index (κ3) is 9.01. The van der Waals surface area contributed by atoms with Crippen molar-refractivity contribution in [1.82, 2.24) is 10.6 Å². The Hall–Kier alpha value is -3.48. The van der Waals surface area contributed by atoms with Gasteiger partial charge in [0.25, 0.3) is 0 Å². The van der Waals surface area contributed by atoms with Crippen LogP contribution in [0.2, 0.25) is 0 Å². The number of carbonyl (C=O) groups is 2. The summed E-state index contributed by atoms with van der Waals surface area (Å²) < 4.78 is 0. The van der Waals surface area contributed by atoms with Gasteiger partial charge in [-0.05, 0) is 36.1 Å². The first-order valence-corrected chi connectivity index (χ1v) is 17.4. The minimum atomic E-state index is -0.769. The second kappa shape index (κ2) is 17.6. The number of benzene rings is 4. The molecule has 0 unspecified atom stereocenters. The SMILES string of the molecule is CC(C(=O)NCCSSCCNC(=O)C(C)(c1ccccc1)c1ccccc1)(c1ccccc1)c1ccccc1.CCC. The molecule has 4 aromatic carbocycles. The molecule has 0 bridgehead atoms. The lowest BCUT2D eigenvalue weighted by Crippen LogP contribution is -2.44. The molecule has 0 heterocycles. The summed E-state index contributed by atoms with van der Waals surface area (Å²) >= 11 is 0. The van der Waals surface area contributed by atoms with Crippen LogP contribution in [0.1, 0.15) is 56.4 Å². The standard InChI is InChI=1S/C34H36N2O2S2.C3H8/c1-33(27-15-7-3-8-16-27,28-17-9-4-10-18-28)31(37)35-23-25-39-40-26-24-36-32(38)34(2,29-19-11-5-12-20-29)30-21-13-6-14-22-30;1-3-2/h3-22H,23-26H2,1-2H3,(H,35,37)(H,36,38);3H2,1-2H3. The van der Waals surface area contributed by atoms with Crippen molar-refractivity contribution in [2.75, 3.05) is 24.6 Å². The number of hydrogen-bond acceptors (Lipinski definition) is 4. The molecule has 2 N–H and O–H groups in total. The third-order valence-corrected chi connectivity index (χ3v) is 9.75. The first-order chi connectivity index (χ1) is 20.9. The summed E-state index contributed by atoms with van der Waals surface area (Å²) in [4.78, 5) is 26.9. The lowest BCUT2D eigenvalue weighted by molar-refractivity contribution is -0.125. The van der Waals surface area contributed by atoms with Crippen molar-refractivity contribution >= 4 is 33.4 Å². The van der Waals surface area contributed by atoms with Crippen molar-refractivity contribution in [3.05, 3.63) is 144 Å². The summed E-state index contributed by atoms with van der Waals surface area (Å²) in [6.45, 7) is 9.35. The molecule has 4 nitrogen and oxygen atoms in total. The molecule has 0 saturated heterocycles. The maximum atomic E-state index is 13.4. The van der Waals surface area contributed by atoms with Crippen LogP contribution in [-0.2, 0) is 20.4 Å². The van der Waals surface area contributed by atoms with Gasteiger partial charge in [0.1, 0.15) is 0 Å². The van der Waals surface area contributed by atoms with Crippen LogP contribution in [0.5, 0.6) is 0 Å². The third-order valence-electron chi connectivity index (χ3n) is 7.34. The molecule has 0 spiro atoms. The highest BCUT2D eigenvalue weighted by Crippen LogP contribution is 2.33. The zero-order valence-electron chi connectivity index (χ0n) is 25.7. The Balaban J connectivity index is 0.00000162. The topological polar surface area (TPSA) is 58.2 Å². The fraction of sp³-hybridized carbons (Fsp3) is 0.297. The van der Waals surface area contributed by atoms with Crippen molar-refractivity contribution in [2.45, 2.75) is 44.9 Å². The maximum Gasteiger partial charge on any atom is 0.234 e. The summed E-state index contributed by atoms with van der Waals surface area (Å²) in [6.07, 6.45) is 1.25. The summed E-state index contributed by atoms with van der Waals surface area (Å²) in [5, 5.41) is 6.29. The van der Waals surface area contributed by atoms with E-state index in [1.807, 2.05) is 135 Å². The van der Waals surface area contributed by atoms with Crippen molar-refractivity contribution in [2.24, 2.45) is 0 Å². The predicted octanol–water partition coefficient (Wildman–Crippen LogP) is 8.03. The van der Waals surface area contributed by atoms with Gasteiger partial charge in [0.2, 0.25) is 11.8 Å². The second-order valence-electron chi connectivity index (χ2n) is 10.6. The quantitative estimate of drug-likeness (QED) is 0.119. The minimum Gasteiger partial charge on any atom is -0.354 e. The molecule has 0 fully saturated rings. The van der Waals surface area contributed by atoms with Crippen molar-refractivity contribution in [3.8, 4) is 0 Å². The summed E-state index contributed by atoms with van der Waals surface area (Å²) in [6, 6.07) is 39.7. The Morgan fingerprint density at radius 2 is 0.744 bits per heavy atom. The molecule has 6 heteroatoms. The first kappa shape index (κ1) is 34.0. The maximum absolute atomic E-state index is 13.4. The molecule has 0 aliphatic heterocycles. The van der Waals surface area contributed by atoms with E-state index in [9.17, 15) is 9.59 Å². The van der Waals surface area contributed by atoms with Gasteiger partial charge in [-0.1, -0.05) is 163 Å². The average molecular weight is 613 g/mol. The molecule has 0 aliphatic rings. The molecule has 0 aromatic heterocycles. The fourth-order valence-electron chi connectivity index (χ4n) is 4.83. The van der Waals surface area contributed by atoms with Gasteiger partial charge in [-0.15, -0.1) is 0 Å². The van der Waals surface area contributed by atoms with E-state index < -0.39 is 10.8 Å². The summed E-state index contributed by atoms with van der Waals surface area (Å²) in [5.74, 6) is 1.53. The highest BCUT2D eigenvalue weighted by atomic mass is 33.1. The Morgan fingerprint density at radius 3 is 0.977 bits per heavy atom. The molecule has 43 heavy (non-hydrogen) atoms. The van der Waals surface area contributed by atoms with Crippen LogP contribution in [0.25, 0.3) is 0 Å². The van der Waals surface area contributed by atoms with Gasteiger partial charge in [-0.25, -0.2) is 0 Å². The minimum absolute atomic E-state index is 0.0103. The number of nitrogens with one attached hydrogen (secondary N) is 2. The van der Waals surface area contributed by atoms with Crippen molar-refractivity contribution in [3.63, 3.8) is 0 Å². The highest BCUT2D eigenvalue weighted by Gasteiger charge is 2.37. The first-order valence-electron chi connectivity index (χ1n) is 14.9. The Kier molecular flexibility index (Phi) is 13.9. The summed E-state index contributed by atoms with van der Waals surface area (Å²) in [7, 11) is 3.40. The Morgan fingerprint density at radius 1 is 0.512 bits per heavy atom. The van der Waals surface area contributed by atoms with Gasteiger partial charge < -0.3 is 10.6 Å². The van der Waals surface area contributed by atoms with Gasteiger partial charge >= 0.3 is 0 Å². The largest absolute Gasteiger partial charge is 0.354 e. The normalized spacial score (nSPS) is 11.2. The molecule has 0 saturated carbocycles. The number of amides is 2. The van der Waals surface area contributed by atoms with E-state index in [0.29, 0.717) is 13.1 Å². The molecule has 2 amide bonds.